The third-order valence-corrected chi connectivity index (χ3v) is 1.56. The predicted octanol–water partition coefficient (Wildman–Crippen LogP) is 2.21. The average Bonchev–Trinajstić information content (AvgIpc) is 2.08. The largest absolute Gasteiger partial charge is 0.478 e. The van der Waals surface area contributed by atoms with Crippen LogP contribution in [0.25, 0.3) is 0 Å². The number of alkyl halides is 1. The zero-order chi connectivity index (χ0) is 9.84. The molecule has 0 aromatic heterocycles. The van der Waals surface area contributed by atoms with Crippen molar-refractivity contribution in [2.24, 2.45) is 0 Å². The Bertz CT molecular complexity index is 302. The molecule has 0 amide bonds. The number of benzene rings is 1. The summed E-state index contributed by atoms with van der Waals surface area (Å²) in [5.41, 5.74) is 1.50. The number of rotatable bonds is 3. The van der Waals surface area contributed by atoms with Gasteiger partial charge >= 0.3 is 5.97 Å². The standard InChI is InChI=1S/C9H10FNO2.ClH/c1-6-2-4-7(5-3-6)11-8(10)9(12)13;/h2-5,8,11H,1H3,(H,12,13);1H/t8-;/m1./s1. The van der Waals surface area contributed by atoms with Crippen LogP contribution in [0.15, 0.2) is 24.3 Å². The van der Waals surface area contributed by atoms with Gasteiger partial charge in [-0.1, -0.05) is 17.7 Å². The van der Waals surface area contributed by atoms with Crippen LogP contribution in [0.3, 0.4) is 0 Å². The van der Waals surface area contributed by atoms with Crippen molar-refractivity contribution in [3.05, 3.63) is 29.8 Å². The Hall–Kier alpha value is -1.29. The number of hydrogen-bond donors (Lipinski definition) is 2. The van der Waals surface area contributed by atoms with E-state index in [1.54, 1.807) is 24.3 Å². The van der Waals surface area contributed by atoms with Crippen LogP contribution in [0, 0.1) is 6.92 Å². The molecule has 0 saturated carbocycles. The van der Waals surface area contributed by atoms with Crippen LogP contribution in [-0.4, -0.2) is 17.4 Å². The van der Waals surface area contributed by atoms with E-state index in [1.807, 2.05) is 6.92 Å². The SMILES string of the molecule is Cc1ccc(N[C@@H](F)C(=O)O)cc1.Cl. The van der Waals surface area contributed by atoms with Gasteiger partial charge in [-0.2, -0.15) is 0 Å². The van der Waals surface area contributed by atoms with E-state index in [9.17, 15) is 9.18 Å². The quantitative estimate of drug-likeness (QED) is 0.767. The number of carboxylic acids is 1. The maximum Gasteiger partial charge on any atom is 0.359 e. The molecule has 2 N–H and O–H groups in total. The maximum atomic E-state index is 12.6. The number of nitrogens with one attached hydrogen (secondary N) is 1. The number of halogens is 2. The second-order valence-electron chi connectivity index (χ2n) is 2.71. The maximum absolute atomic E-state index is 12.6. The average molecular weight is 220 g/mol. The Morgan fingerprint density at radius 3 is 2.36 bits per heavy atom. The fourth-order valence-electron chi connectivity index (χ4n) is 0.858. The molecule has 0 unspecified atom stereocenters. The highest BCUT2D eigenvalue weighted by atomic mass is 35.5. The molecule has 78 valence electrons. The number of carboxylic acid groups (broad SMARTS) is 1. The number of aryl methyl sites for hydroxylation is 1. The van der Waals surface area contributed by atoms with Crippen LogP contribution in [0.5, 0.6) is 0 Å². The molecule has 0 bridgehead atoms. The summed E-state index contributed by atoms with van der Waals surface area (Å²) in [7, 11) is 0. The van der Waals surface area contributed by atoms with Crippen LogP contribution >= 0.6 is 12.4 Å². The molecule has 5 heteroatoms. The molecule has 0 fully saturated rings. The summed E-state index contributed by atoms with van der Waals surface area (Å²) in [4.78, 5) is 10.1. The van der Waals surface area contributed by atoms with Crippen molar-refractivity contribution in [2.45, 2.75) is 13.2 Å². The molecule has 14 heavy (non-hydrogen) atoms. The minimum absolute atomic E-state index is 0. The normalized spacial score (nSPS) is 11.3. The highest BCUT2D eigenvalue weighted by Crippen LogP contribution is 2.10. The van der Waals surface area contributed by atoms with Gasteiger partial charge in [-0.3, -0.25) is 0 Å². The number of aliphatic carboxylic acids is 1. The summed E-state index contributed by atoms with van der Waals surface area (Å²) < 4.78 is 12.6. The van der Waals surface area contributed by atoms with Gasteiger partial charge in [0.05, 0.1) is 0 Å². The summed E-state index contributed by atoms with van der Waals surface area (Å²) in [6.07, 6.45) is -2.05. The van der Waals surface area contributed by atoms with Crippen LogP contribution < -0.4 is 5.32 Å². The van der Waals surface area contributed by atoms with Gasteiger partial charge in [0.2, 0.25) is 0 Å². The number of carbonyl (C=O) groups is 1. The molecule has 1 aromatic carbocycles. The second kappa shape index (κ2) is 5.44. The van der Waals surface area contributed by atoms with Gasteiger partial charge in [0.25, 0.3) is 6.30 Å². The zero-order valence-corrected chi connectivity index (χ0v) is 8.34. The molecule has 0 spiro atoms. The first-order valence-corrected chi connectivity index (χ1v) is 3.79. The highest BCUT2D eigenvalue weighted by Gasteiger charge is 2.13. The van der Waals surface area contributed by atoms with Gasteiger partial charge in [-0.15, -0.1) is 12.4 Å². The third-order valence-electron chi connectivity index (χ3n) is 1.56. The Balaban J connectivity index is 0.00000169. The molecule has 1 rings (SSSR count). The zero-order valence-electron chi connectivity index (χ0n) is 7.53. The fraction of sp³-hybridized carbons (Fsp3) is 0.222. The van der Waals surface area contributed by atoms with Crippen molar-refractivity contribution in [1.29, 1.82) is 0 Å². The molecule has 1 atom stereocenters. The van der Waals surface area contributed by atoms with E-state index in [4.69, 9.17) is 5.11 Å². The lowest BCUT2D eigenvalue weighted by Crippen LogP contribution is -2.23. The van der Waals surface area contributed by atoms with Gasteiger partial charge < -0.3 is 10.4 Å². The molecule has 0 aliphatic carbocycles. The third kappa shape index (κ3) is 3.62. The molecule has 0 aliphatic heterocycles. The van der Waals surface area contributed by atoms with E-state index < -0.39 is 12.3 Å². The molecule has 0 heterocycles. The lowest BCUT2D eigenvalue weighted by molar-refractivity contribution is -0.141. The van der Waals surface area contributed by atoms with E-state index in [1.165, 1.54) is 0 Å². The molecular formula is C9H11ClFNO2. The van der Waals surface area contributed by atoms with Gasteiger partial charge in [0.1, 0.15) is 0 Å². The predicted molar refractivity (Wildman–Crippen MR) is 54.6 cm³/mol. The monoisotopic (exact) mass is 219 g/mol. The summed E-state index contributed by atoms with van der Waals surface area (Å²) in [5.74, 6) is -1.51. The van der Waals surface area contributed by atoms with E-state index in [0.717, 1.165) is 5.56 Å². The van der Waals surface area contributed by atoms with Crippen LogP contribution in [0.4, 0.5) is 10.1 Å². The summed E-state index contributed by atoms with van der Waals surface area (Å²) in [5, 5.41) is 10.5. The summed E-state index contributed by atoms with van der Waals surface area (Å²) >= 11 is 0. The molecule has 0 aliphatic rings. The summed E-state index contributed by atoms with van der Waals surface area (Å²) in [6, 6.07) is 6.81. The Morgan fingerprint density at radius 2 is 1.93 bits per heavy atom. The van der Waals surface area contributed by atoms with Crippen molar-refractivity contribution in [3.63, 3.8) is 0 Å². The van der Waals surface area contributed by atoms with Crippen molar-refractivity contribution in [1.82, 2.24) is 0 Å². The first-order valence-electron chi connectivity index (χ1n) is 3.79. The molecule has 0 saturated heterocycles. The minimum atomic E-state index is -2.05. The van der Waals surface area contributed by atoms with E-state index >= 15 is 0 Å². The smallest absolute Gasteiger partial charge is 0.359 e. The lowest BCUT2D eigenvalue weighted by atomic mass is 10.2. The van der Waals surface area contributed by atoms with E-state index in [0.29, 0.717) is 5.69 Å². The molecule has 0 radical (unpaired) electrons. The van der Waals surface area contributed by atoms with E-state index in [-0.39, 0.29) is 12.4 Å². The van der Waals surface area contributed by atoms with Gasteiger partial charge in [0, 0.05) is 5.69 Å². The summed E-state index contributed by atoms with van der Waals surface area (Å²) in [6.45, 7) is 1.90. The van der Waals surface area contributed by atoms with Crippen LogP contribution in [-0.2, 0) is 4.79 Å². The van der Waals surface area contributed by atoms with Gasteiger partial charge in [-0.25, -0.2) is 9.18 Å². The first kappa shape index (κ1) is 12.7. The topological polar surface area (TPSA) is 49.3 Å². The Kier molecular flexibility index (Phi) is 4.94. The van der Waals surface area contributed by atoms with Crippen molar-refractivity contribution in [2.75, 3.05) is 5.32 Å². The van der Waals surface area contributed by atoms with E-state index in [2.05, 4.69) is 5.32 Å². The Labute approximate surface area is 87.4 Å². The Morgan fingerprint density at radius 1 is 1.43 bits per heavy atom. The number of anilines is 1. The van der Waals surface area contributed by atoms with Crippen LogP contribution in [0.2, 0.25) is 0 Å². The lowest BCUT2D eigenvalue weighted by Gasteiger charge is -2.07. The minimum Gasteiger partial charge on any atom is -0.478 e. The fourth-order valence-corrected chi connectivity index (χ4v) is 0.858. The van der Waals surface area contributed by atoms with Crippen LogP contribution in [0.1, 0.15) is 5.56 Å². The van der Waals surface area contributed by atoms with Gasteiger partial charge in [0.15, 0.2) is 0 Å². The molecular weight excluding hydrogens is 209 g/mol. The van der Waals surface area contributed by atoms with Crippen molar-refractivity contribution in [3.8, 4) is 0 Å². The van der Waals surface area contributed by atoms with Crippen molar-refractivity contribution < 1.29 is 14.3 Å². The molecule has 3 nitrogen and oxygen atoms in total. The van der Waals surface area contributed by atoms with Gasteiger partial charge in [-0.05, 0) is 19.1 Å². The highest BCUT2D eigenvalue weighted by molar-refractivity contribution is 5.85. The first-order chi connectivity index (χ1) is 6.09. The second-order valence-corrected chi connectivity index (χ2v) is 2.71. The molecule has 1 aromatic rings. The number of hydrogen-bond acceptors (Lipinski definition) is 2. The van der Waals surface area contributed by atoms with Crippen molar-refractivity contribution >= 4 is 24.1 Å².